The van der Waals surface area contributed by atoms with Crippen LogP contribution in [0.1, 0.15) is 29.5 Å². The van der Waals surface area contributed by atoms with E-state index in [4.69, 9.17) is 4.74 Å². The minimum Gasteiger partial charge on any atom is -0.376 e. The van der Waals surface area contributed by atoms with Crippen LogP contribution in [0.15, 0.2) is 48.5 Å². The van der Waals surface area contributed by atoms with Gasteiger partial charge in [-0.15, -0.1) is 0 Å². The lowest BCUT2D eigenvalue weighted by molar-refractivity contribution is 0.111. The number of anilines is 1. The lowest BCUT2D eigenvalue weighted by Crippen LogP contribution is -2.38. The first-order chi connectivity index (χ1) is 12.3. The van der Waals surface area contributed by atoms with Gasteiger partial charge < -0.3 is 15.0 Å². The summed E-state index contributed by atoms with van der Waals surface area (Å²) >= 11 is 0. The van der Waals surface area contributed by atoms with Crippen LogP contribution in [0.5, 0.6) is 0 Å². The Kier molecular flexibility index (Phi) is 4.70. The van der Waals surface area contributed by atoms with Crippen LogP contribution in [0, 0.1) is 5.92 Å². The van der Waals surface area contributed by atoms with Crippen LogP contribution in [-0.4, -0.2) is 24.1 Å². The van der Waals surface area contributed by atoms with Crippen molar-refractivity contribution in [2.24, 2.45) is 5.92 Å². The molecule has 1 N–H and O–H groups in total. The van der Waals surface area contributed by atoms with Gasteiger partial charge in [0.25, 0.3) is 0 Å². The van der Waals surface area contributed by atoms with E-state index in [1.54, 1.807) is 0 Å². The molecule has 1 aliphatic heterocycles. The SMILES string of the molecule is O=C(Nc1cccc(COCC2CC2)c1)N1CCc2ccccc2C1. The second-order valence-corrected chi connectivity index (χ2v) is 7.03. The Bertz CT molecular complexity index is 755. The zero-order valence-corrected chi connectivity index (χ0v) is 14.4. The molecule has 2 aromatic rings. The molecule has 0 spiro atoms. The van der Waals surface area contributed by atoms with Crippen LogP contribution < -0.4 is 5.32 Å². The molecule has 4 nitrogen and oxygen atoms in total. The first-order valence-corrected chi connectivity index (χ1v) is 9.07. The minimum atomic E-state index is -0.0365. The summed E-state index contributed by atoms with van der Waals surface area (Å²) in [5, 5.41) is 3.03. The van der Waals surface area contributed by atoms with E-state index in [9.17, 15) is 4.79 Å². The maximum absolute atomic E-state index is 12.6. The monoisotopic (exact) mass is 336 g/mol. The molecule has 1 aliphatic carbocycles. The second kappa shape index (κ2) is 7.28. The Balaban J connectivity index is 1.34. The molecule has 130 valence electrons. The van der Waals surface area contributed by atoms with Crippen LogP contribution in [0.4, 0.5) is 10.5 Å². The van der Waals surface area contributed by atoms with Crippen LogP contribution in [-0.2, 0) is 24.3 Å². The number of rotatable bonds is 5. The van der Waals surface area contributed by atoms with Crippen molar-refractivity contribution in [1.29, 1.82) is 0 Å². The molecular formula is C21H24N2O2. The van der Waals surface area contributed by atoms with Gasteiger partial charge in [0.1, 0.15) is 0 Å². The van der Waals surface area contributed by atoms with Gasteiger partial charge in [-0.25, -0.2) is 4.79 Å². The van der Waals surface area contributed by atoms with Crippen molar-refractivity contribution in [3.8, 4) is 0 Å². The molecule has 1 saturated carbocycles. The van der Waals surface area contributed by atoms with Crippen molar-refractivity contribution >= 4 is 11.7 Å². The second-order valence-electron chi connectivity index (χ2n) is 7.03. The number of amides is 2. The Hall–Kier alpha value is -2.33. The molecule has 4 heteroatoms. The van der Waals surface area contributed by atoms with E-state index in [1.165, 1.54) is 24.0 Å². The van der Waals surface area contributed by atoms with Gasteiger partial charge in [0, 0.05) is 25.4 Å². The topological polar surface area (TPSA) is 41.6 Å². The van der Waals surface area contributed by atoms with E-state index in [0.717, 1.165) is 36.7 Å². The third kappa shape index (κ3) is 4.20. The van der Waals surface area contributed by atoms with Crippen molar-refractivity contribution in [1.82, 2.24) is 4.90 Å². The average Bonchev–Trinajstić information content (AvgIpc) is 3.46. The highest BCUT2D eigenvalue weighted by Crippen LogP contribution is 2.29. The number of urea groups is 1. The van der Waals surface area contributed by atoms with Crippen LogP contribution >= 0.6 is 0 Å². The van der Waals surface area contributed by atoms with Crippen molar-refractivity contribution in [3.05, 3.63) is 65.2 Å². The molecule has 0 bridgehead atoms. The maximum Gasteiger partial charge on any atom is 0.322 e. The first kappa shape index (κ1) is 16.2. The normalized spacial score (nSPS) is 16.4. The number of hydrogen-bond donors (Lipinski definition) is 1. The summed E-state index contributed by atoms with van der Waals surface area (Å²) in [6.07, 6.45) is 3.52. The van der Waals surface area contributed by atoms with Gasteiger partial charge in [-0.2, -0.15) is 0 Å². The molecule has 4 rings (SSSR count). The highest BCUT2D eigenvalue weighted by Gasteiger charge is 2.21. The summed E-state index contributed by atoms with van der Waals surface area (Å²) in [4.78, 5) is 14.5. The molecule has 1 fully saturated rings. The number of nitrogens with one attached hydrogen (secondary N) is 1. The first-order valence-electron chi connectivity index (χ1n) is 9.07. The van der Waals surface area contributed by atoms with E-state index in [2.05, 4.69) is 23.5 Å². The quantitative estimate of drug-likeness (QED) is 0.889. The Morgan fingerprint density at radius 1 is 1.12 bits per heavy atom. The smallest absolute Gasteiger partial charge is 0.322 e. The molecule has 0 radical (unpaired) electrons. The van der Waals surface area contributed by atoms with E-state index in [0.29, 0.717) is 13.2 Å². The fourth-order valence-corrected chi connectivity index (χ4v) is 3.24. The number of benzene rings is 2. The summed E-state index contributed by atoms with van der Waals surface area (Å²) in [6.45, 7) is 2.89. The number of fused-ring (bicyclic) bond motifs is 1. The lowest BCUT2D eigenvalue weighted by atomic mass is 10.0. The molecule has 0 saturated heterocycles. The average molecular weight is 336 g/mol. The van der Waals surface area contributed by atoms with Crippen LogP contribution in [0.25, 0.3) is 0 Å². The van der Waals surface area contributed by atoms with Gasteiger partial charge >= 0.3 is 6.03 Å². The van der Waals surface area contributed by atoms with Crippen molar-refractivity contribution in [2.75, 3.05) is 18.5 Å². The molecule has 2 amide bonds. The van der Waals surface area contributed by atoms with Crippen LogP contribution in [0.2, 0.25) is 0 Å². The van der Waals surface area contributed by atoms with Gasteiger partial charge in [-0.3, -0.25) is 0 Å². The minimum absolute atomic E-state index is 0.0365. The summed E-state index contributed by atoms with van der Waals surface area (Å²) in [5.41, 5.74) is 4.52. The lowest BCUT2D eigenvalue weighted by Gasteiger charge is -2.29. The van der Waals surface area contributed by atoms with Crippen molar-refractivity contribution < 1.29 is 9.53 Å². The summed E-state index contributed by atoms with van der Waals surface area (Å²) in [5.74, 6) is 0.768. The predicted molar refractivity (Wildman–Crippen MR) is 98.4 cm³/mol. The molecule has 0 aromatic heterocycles. The zero-order chi connectivity index (χ0) is 17.1. The number of carbonyl (C=O) groups excluding carboxylic acids is 1. The Morgan fingerprint density at radius 3 is 2.80 bits per heavy atom. The van der Waals surface area contributed by atoms with Crippen molar-refractivity contribution in [3.63, 3.8) is 0 Å². The fraction of sp³-hybridized carbons (Fsp3) is 0.381. The largest absolute Gasteiger partial charge is 0.376 e. The number of hydrogen-bond acceptors (Lipinski definition) is 2. The molecule has 0 unspecified atom stereocenters. The molecule has 2 aromatic carbocycles. The summed E-state index contributed by atoms with van der Waals surface area (Å²) in [6, 6.07) is 16.3. The summed E-state index contributed by atoms with van der Waals surface area (Å²) in [7, 11) is 0. The van der Waals surface area contributed by atoms with E-state index >= 15 is 0 Å². The third-order valence-electron chi connectivity index (χ3n) is 4.92. The summed E-state index contributed by atoms with van der Waals surface area (Å²) < 4.78 is 5.74. The van der Waals surface area contributed by atoms with E-state index in [1.807, 2.05) is 35.2 Å². The molecular weight excluding hydrogens is 312 g/mol. The van der Waals surface area contributed by atoms with Crippen LogP contribution in [0.3, 0.4) is 0 Å². The molecule has 1 heterocycles. The highest BCUT2D eigenvalue weighted by molar-refractivity contribution is 5.89. The maximum atomic E-state index is 12.6. The van der Waals surface area contributed by atoms with Gasteiger partial charge in [-0.1, -0.05) is 36.4 Å². The van der Waals surface area contributed by atoms with Gasteiger partial charge in [0.05, 0.1) is 6.61 Å². The van der Waals surface area contributed by atoms with Crippen molar-refractivity contribution in [2.45, 2.75) is 32.4 Å². The standard InChI is InChI=1S/C21H24N2O2/c24-21(23-11-10-18-5-1-2-6-19(18)13-23)22-20-7-3-4-17(12-20)15-25-14-16-8-9-16/h1-7,12,16H,8-11,13-15H2,(H,22,24). The van der Waals surface area contributed by atoms with Gasteiger partial charge in [-0.05, 0) is 54.0 Å². The number of nitrogens with zero attached hydrogens (tertiary/aromatic N) is 1. The Morgan fingerprint density at radius 2 is 1.96 bits per heavy atom. The highest BCUT2D eigenvalue weighted by atomic mass is 16.5. The molecule has 0 atom stereocenters. The van der Waals surface area contributed by atoms with E-state index in [-0.39, 0.29) is 6.03 Å². The van der Waals surface area contributed by atoms with Gasteiger partial charge in [0.2, 0.25) is 0 Å². The zero-order valence-electron chi connectivity index (χ0n) is 14.4. The van der Waals surface area contributed by atoms with E-state index < -0.39 is 0 Å². The van der Waals surface area contributed by atoms with Gasteiger partial charge in [0.15, 0.2) is 0 Å². The third-order valence-corrected chi connectivity index (χ3v) is 4.92. The molecule has 2 aliphatic rings. The number of ether oxygens (including phenoxy) is 1. The Labute approximate surface area is 148 Å². The molecule has 25 heavy (non-hydrogen) atoms. The fourth-order valence-electron chi connectivity index (χ4n) is 3.24. The predicted octanol–water partition coefficient (Wildman–Crippen LogP) is 4.20. The number of carbonyl (C=O) groups is 1.